The van der Waals surface area contributed by atoms with Crippen LogP contribution in [0, 0.1) is 4.78 Å². The van der Waals surface area contributed by atoms with Gasteiger partial charge in [0, 0.05) is 18.2 Å². The van der Waals surface area contributed by atoms with E-state index in [-0.39, 0.29) is 12.3 Å². The summed E-state index contributed by atoms with van der Waals surface area (Å²) in [6.45, 7) is 2.55. The van der Waals surface area contributed by atoms with Gasteiger partial charge in [-0.15, -0.1) is 0 Å². The second-order valence-corrected chi connectivity index (χ2v) is 7.07. The van der Waals surface area contributed by atoms with E-state index in [2.05, 4.69) is 10.5 Å². The zero-order chi connectivity index (χ0) is 17.6. The molecule has 1 heterocycles. The molecule has 24 heavy (non-hydrogen) atoms. The molecule has 0 bridgehead atoms. The number of benzene rings is 1. The van der Waals surface area contributed by atoms with E-state index < -0.39 is 16.0 Å². The molecular weight excluding hydrogens is 330 g/mol. The van der Waals surface area contributed by atoms with E-state index in [0.717, 1.165) is 5.56 Å². The molecule has 1 amide bonds. The molecule has 1 unspecified atom stereocenters. The van der Waals surface area contributed by atoms with Crippen molar-refractivity contribution < 1.29 is 18.6 Å². The number of ether oxygens (including phenoxy) is 1. The fraction of sp³-hybridized carbons (Fsp3) is 0.250. The molecule has 2 N–H and O–H groups in total. The summed E-state index contributed by atoms with van der Waals surface area (Å²) in [6.07, 6.45) is 2.76. The molecule has 1 aromatic carbocycles. The van der Waals surface area contributed by atoms with Crippen LogP contribution < -0.4 is 10.1 Å². The molecule has 1 aromatic heterocycles. The molecule has 8 heteroatoms. The minimum Gasteiger partial charge on any atom is -0.627 e. The summed E-state index contributed by atoms with van der Waals surface area (Å²) in [5.41, 5.74) is 1.24. The lowest BCUT2D eigenvalue weighted by atomic mass is 10.1. The van der Waals surface area contributed by atoms with Gasteiger partial charge < -0.3 is 19.1 Å². The first kappa shape index (κ1) is 17.9. The number of rotatable bonds is 7. The van der Waals surface area contributed by atoms with Gasteiger partial charge in [0.05, 0.1) is 18.3 Å². The number of hydrogen-bond acceptors (Lipinski definition) is 6. The third-order valence-corrected chi connectivity index (χ3v) is 3.64. The summed E-state index contributed by atoms with van der Waals surface area (Å²) in [4.78, 5) is 12.0. The third kappa shape index (κ3) is 5.04. The zero-order valence-corrected chi connectivity index (χ0v) is 14.3. The van der Waals surface area contributed by atoms with Crippen molar-refractivity contribution in [3.8, 4) is 17.0 Å². The summed E-state index contributed by atoms with van der Waals surface area (Å²) >= 11 is 0. The van der Waals surface area contributed by atoms with Crippen molar-refractivity contribution in [2.75, 3.05) is 19.4 Å². The average molecular weight is 349 g/mol. The molecule has 2 aromatic rings. The van der Waals surface area contributed by atoms with Crippen molar-refractivity contribution in [1.82, 2.24) is 10.5 Å². The smallest absolute Gasteiger partial charge is 0.290 e. The number of hydrogen-bond donors (Lipinski definition) is 2. The van der Waals surface area contributed by atoms with Crippen molar-refractivity contribution in [1.29, 1.82) is 4.78 Å². The van der Waals surface area contributed by atoms with Gasteiger partial charge in [0.15, 0.2) is 0 Å². The van der Waals surface area contributed by atoms with Gasteiger partial charge in [-0.05, 0) is 25.1 Å². The molecule has 128 valence electrons. The number of carbonyl (C=O) groups is 1. The highest BCUT2D eigenvalue weighted by Gasteiger charge is 2.15. The van der Waals surface area contributed by atoms with E-state index >= 15 is 0 Å². The molecule has 0 aliphatic rings. The van der Waals surface area contributed by atoms with E-state index in [9.17, 15) is 9.35 Å². The first-order valence-electron chi connectivity index (χ1n) is 7.28. The normalized spacial score (nSPS) is 13.6. The Bertz CT molecular complexity index is 779. The highest BCUT2D eigenvalue weighted by molar-refractivity contribution is 8.00. The average Bonchev–Trinajstić information content (AvgIpc) is 3.01. The van der Waals surface area contributed by atoms with E-state index in [0.29, 0.717) is 18.1 Å². The van der Waals surface area contributed by atoms with E-state index in [1.54, 1.807) is 0 Å². The molecule has 0 radical (unpaired) electrons. The number of carbonyl (C=O) groups excluding carboxylic acids is 1. The van der Waals surface area contributed by atoms with E-state index in [1.165, 1.54) is 23.8 Å². The van der Waals surface area contributed by atoms with Gasteiger partial charge in [0.2, 0.25) is 5.76 Å². The molecule has 0 saturated heterocycles. The van der Waals surface area contributed by atoms with Gasteiger partial charge >= 0.3 is 0 Å². The first-order valence-corrected chi connectivity index (χ1v) is 9.31. The largest absolute Gasteiger partial charge is 0.627 e. The van der Waals surface area contributed by atoms with Crippen LogP contribution in [0.2, 0.25) is 0 Å². The number of para-hydroxylation sites is 1. The molecule has 1 atom stereocenters. The Morgan fingerprint density at radius 3 is 2.96 bits per heavy atom. The molecule has 0 spiro atoms. The Hall–Kier alpha value is -2.45. The Morgan fingerprint density at radius 1 is 1.50 bits per heavy atom. The third-order valence-electron chi connectivity index (χ3n) is 2.93. The highest BCUT2D eigenvalue weighted by atomic mass is 32.3. The Kier molecular flexibility index (Phi) is 5.88. The molecule has 0 fully saturated rings. The van der Waals surface area contributed by atoms with Crippen molar-refractivity contribution >= 4 is 16.0 Å². The fourth-order valence-electron chi connectivity index (χ4n) is 1.94. The van der Waals surface area contributed by atoms with Crippen LogP contribution >= 0.6 is 0 Å². The Morgan fingerprint density at radius 2 is 2.25 bits per heavy atom. The topological polar surface area (TPSA) is 111 Å². The van der Waals surface area contributed by atoms with Gasteiger partial charge in [-0.3, -0.25) is 4.79 Å². The summed E-state index contributed by atoms with van der Waals surface area (Å²) in [5, 5.41) is 7.73. The maximum atomic E-state index is 12.0. The quantitative estimate of drug-likeness (QED) is 0.746. The standard InChI is InChI=1S/C16H19N3O4S/c1-3-22-14-8-5-4-7-12(14)13-11-15(23-19-13)16(20)18-9-6-10-24(2,17)21/h4-8,10-11H,3,9H2,1-2H3,(H2-,17,18,20,21)/b10-6+. The van der Waals surface area contributed by atoms with Gasteiger partial charge in [0.25, 0.3) is 5.91 Å². The van der Waals surface area contributed by atoms with Gasteiger partial charge in [-0.2, -0.15) is 4.78 Å². The van der Waals surface area contributed by atoms with Crippen molar-refractivity contribution in [3.63, 3.8) is 0 Å². The summed E-state index contributed by atoms with van der Waals surface area (Å²) in [5.74, 6) is 0.282. The predicted octanol–water partition coefficient (Wildman–Crippen LogP) is 2.66. The lowest BCUT2D eigenvalue weighted by Gasteiger charge is -2.06. The van der Waals surface area contributed by atoms with Crippen LogP contribution in [0.25, 0.3) is 11.3 Å². The first-order chi connectivity index (χ1) is 11.4. The number of nitrogens with one attached hydrogen (secondary N) is 2. The van der Waals surface area contributed by atoms with Crippen molar-refractivity contribution in [3.05, 3.63) is 47.6 Å². The lowest BCUT2D eigenvalue weighted by molar-refractivity contribution is 0.0921. The van der Waals surface area contributed by atoms with E-state index in [4.69, 9.17) is 14.0 Å². The molecule has 2 rings (SSSR count). The van der Waals surface area contributed by atoms with Crippen molar-refractivity contribution in [2.24, 2.45) is 0 Å². The van der Waals surface area contributed by atoms with Gasteiger partial charge in [-0.25, -0.2) is 0 Å². The maximum Gasteiger partial charge on any atom is 0.290 e. The van der Waals surface area contributed by atoms with Crippen LogP contribution in [-0.2, 0) is 10.1 Å². The summed E-state index contributed by atoms with van der Waals surface area (Å²) < 4.78 is 29.0. The molecule has 0 aliphatic heterocycles. The SMILES string of the molecule is CCOc1ccccc1-c1cc(C(=O)NC/C=C/[S+](C)(=N)[O-])on1. The minimum atomic E-state index is -2.71. The Balaban J connectivity index is 2.07. The predicted molar refractivity (Wildman–Crippen MR) is 91.4 cm³/mol. The number of nitrogens with zero attached hydrogens (tertiary/aromatic N) is 1. The van der Waals surface area contributed by atoms with Crippen LogP contribution in [0.15, 0.2) is 46.3 Å². The van der Waals surface area contributed by atoms with Crippen LogP contribution in [0.4, 0.5) is 0 Å². The zero-order valence-electron chi connectivity index (χ0n) is 13.4. The van der Waals surface area contributed by atoms with Crippen LogP contribution in [0.1, 0.15) is 17.5 Å². The van der Waals surface area contributed by atoms with Crippen LogP contribution in [0.3, 0.4) is 0 Å². The Labute approximate surface area is 141 Å². The number of aromatic nitrogens is 1. The number of amides is 1. The summed E-state index contributed by atoms with van der Waals surface area (Å²) in [6, 6.07) is 8.89. The van der Waals surface area contributed by atoms with Gasteiger partial charge in [0.1, 0.15) is 11.4 Å². The second-order valence-electron chi connectivity index (χ2n) is 4.99. The lowest BCUT2D eigenvalue weighted by Crippen LogP contribution is -2.23. The fourth-order valence-corrected chi connectivity index (χ4v) is 2.40. The van der Waals surface area contributed by atoms with Crippen LogP contribution in [0.5, 0.6) is 5.75 Å². The van der Waals surface area contributed by atoms with Gasteiger partial charge in [-0.1, -0.05) is 27.4 Å². The summed E-state index contributed by atoms with van der Waals surface area (Å²) in [7, 11) is -2.71. The molecule has 0 aliphatic carbocycles. The van der Waals surface area contributed by atoms with Crippen molar-refractivity contribution in [2.45, 2.75) is 6.92 Å². The molecule has 7 nitrogen and oxygen atoms in total. The highest BCUT2D eigenvalue weighted by Crippen LogP contribution is 2.29. The molecule has 0 saturated carbocycles. The molecular formula is C16H19N3O4S. The monoisotopic (exact) mass is 349 g/mol. The van der Waals surface area contributed by atoms with E-state index in [1.807, 2.05) is 31.2 Å². The van der Waals surface area contributed by atoms with Crippen LogP contribution in [-0.4, -0.2) is 35.0 Å². The second kappa shape index (κ2) is 7.89. The maximum absolute atomic E-state index is 12.0. The minimum absolute atomic E-state index is 0.0628.